The summed E-state index contributed by atoms with van der Waals surface area (Å²) in [5.41, 5.74) is 0. The Kier molecular flexibility index (Phi) is 15.7. The number of allylic oxidation sites excluding steroid dienone is 6. The van der Waals surface area contributed by atoms with E-state index in [4.69, 9.17) is 5.11 Å². The summed E-state index contributed by atoms with van der Waals surface area (Å²) in [6.45, 7) is 2.16. The molecule has 148 valence electrons. The van der Waals surface area contributed by atoms with Gasteiger partial charge in [-0.1, -0.05) is 81.2 Å². The Morgan fingerprint density at radius 1 is 0.808 bits per heavy atom. The minimum absolute atomic E-state index is 0.0147. The Bertz CT molecular complexity index is 465. The molecule has 5 nitrogen and oxygen atoms in total. The van der Waals surface area contributed by atoms with Gasteiger partial charge < -0.3 is 20.4 Å². The van der Waals surface area contributed by atoms with Crippen molar-refractivity contribution in [3.05, 3.63) is 48.6 Å². The molecule has 0 aromatic rings. The molecule has 0 rings (SSSR count). The molecule has 0 amide bonds. The predicted octanol–water partition coefficient (Wildman–Crippen LogP) is 3.52. The zero-order chi connectivity index (χ0) is 19.6. The molecule has 0 saturated carbocycles. The van der Waals surface area contributed by atoms with Crippen LogP contribution >= 0.6 is 0 Å². The van der Waals surface area contributed by atoms with E-state index in [1.165, 1.54) is 18.9 Å². The van der Waals surface area contributed by atoms with Crippen LogP contribution in [0, 0.1) is 0 Å². The van der Waals surface area contributed by atoms with Gasteiger partial charge in [-0.25, -0.2) is 0 Å². The molecule has 0 bridgehead atoms. The van der Waals surface area contributed by atoms with Crippen molar-refractivity contribution in [1.29, 1.82) is 0 Å². The standard InChI is InChI=1S/C21H34O5/c1-2-3-4-9-13-18(22)14-10-7-5-6-8-11-15-19(23)20(24)16-12-17-21(25)26/h5-8,10-11,14-15,18-20,22-24H,2-4,9,12-13,16-17H2,1H3,(H,25,26)/b7-5-,8-6-,14-10+,15-11-. The van der Waals surface area contributed by atoms with Crippen molar-refractivity contribution in [1.82, 2.24) is 0 Å². The van der Waals surface area contributed by atoms with Gasteiger partial charge in [-0.15, -0.1) is 0 Å². The predicted molar refractivity (Wildman–Crippen MR) is 105 cm³/mol. The minimum atomic E-state index is -1.01. The van der Waals surface area contributed by atoms with Crippen LogP contribution in [-0.4, -0.2) is 44.7 Å². The summed E-state index contributed by atoms with van der Waals surface area (Å²) in [6, 6.07) is 0. The number of unbranched alkanes of at least 4 members (excludes halogenated alkanes) is 3. The second kappa shape index (κ2) is 16.8. The van der Waals surface area contributed by atoms with Crippen molar-refractivity contribution in [2.45, 2.75) is 76.6 Å². The maximum Gasteiger partial charge on any atom is 0.303 e. The molecule has 0 heterocycles. The Morgan fingerprint density at radius 2 is 1.42 bits per heavy atom. The van der Waals surface area contributed by atoms with Gasteiger partial charge >= 0.3 is 5.97 Å². The van der Waals surface area contributed by atoms with Gasteiger partial charge in [0.2, 0.25) is 0 Å². The second-order valence-electron chi connectivity index (χ2n) is 6.30. The van der Waals surface area contributed by atoms with E-state index in [-0.39, 0.29) is 12.8 Å². The van der Waals surface area contributed by atoms with Crippen LogP contribution in [0.15, 0.2) is 48.6 Å². The van der Waals surface area contributed by atoms with E-state index in [9.17, 15) is 20.1 Å². The summed E-state index contributed by atoms with van der Waals surface area (Å²) >= 11 is 0. The number of aliphatic carboxylic acids is 1. The number of hydrogen-bond acceptors (Lipinski definition) is 4. The van der Waals surface area contributed by atoms with Gasteiger partial charge in [0, 0.05) is 6.42 Å². The number of carbonyl (C=O) groups is 1. The lowest BCUT2D eigenvalue weighted by atomic mass is 10.1. The molecule has 5 heteroatoms. The van der Waals surface area contributed by atoms with Crippen LogP contribution in [0.5, 0.6) is 0 Å². The van der Waals surface area contributed by atoms with Crippen molar-refractivity contribution in [2.75, 3.05) is 0 Å². The molecule has 4 N–H and O–H groups in total. The number of aliphatic hydroxyl groups excluding tert-OH is 3. The Morgan fingerprint density at radius 3 is 2.04 bits per heavy atom. The Labute approximate surface area is 157 Å². The highest BCUT2D eigenvalue weighted by Crippen LogP contribution is 2.07. The van der Waals surface area contributed by atoms with Crippen LogP contribution in [0.2, 0.25) is 0 Å². The van der Waals surface area contributed by atoms with Crippen molar-refractivity contribution in [2.24, 2.45) is 0 Å². The van der Waals surface area contributed by atoms with E-state index in [1.54, 1.807) is 36.5 Å². The van der Waals surface area contributed by atoms with Crippen LogP contribution < -0.4 is 0 Å². The Balaban J connectivity index is 3.94. The van der Waals surface area contributed by atoms with Gasteiger partial charge in [-0.2, -0.15) is 0 Å². The van der Waals surface area contributed by atoms with Gasteiger partial charge in [0.05, 0.1) is 18.3 Å². The molecular formula is C21H34O5. The van der Waals surface area contributed by atoms with E-state index < -0.39 is 24.3 Å². The highest BCUT2D eigenvalue weighted by molar-refractivity contribution is 5.66. The van der Waals surface area contributed by atoms with E-state index in [1.807, 2.05) is 6.08 Å². The summed E-state index contributed by atoms with van der Waals surface area (Å²) in [6.07, 6.45) is 17.3. The first-order valence-corrected chi connectivity index (χ1v) is 9.41. The first-order chi connectivity index (χ1) is 12.5. The molecule has 0 saturated heterocycles. The van der Waals surface area contributed by atoms with E-state index in [2.05, 4.69) is 6.92 Å². The fraction of sp³-hybridized carbons (Fsp3) is 0.571. The molecule has 0 fully saturated rings. The summed E-state index contributed by atoms with van der Waals surface area (Å²) in [7, 11) is 0. The van der Waals surface area contributed by atoms with E-state index in [0.29, 0.717) is 6.42 Å². The smallest absolute Gasteiger partial charge is 0.303 e. The molecule has 0 spiro atoms. The monoisotopic (exact) mass is 366 g/mol. The van der Waals surface area contributed by atoms with Crippen molar-refractivity contribution in [3.8, 4) is 0 Å². The molecule has 0 aliphatic rings. The first kappa shape index (κ1) is 24.3. The molecule has 3 atom stereocenters. The molecule has 26 heavy (non-hydrogen) atoms. The minimum Gasteiger partial charge on any atom is -0.481 e. The summed E-state index contributed by atoms with van der Waals surface area (Å²) in [5, 5.41) is 37.7. The number of hydrogen-bond donors (Lipinski definition) is 4. The quantitative estimate of drug-likeness (QED) is 0.263. The molecule has 0 aromatic carbocycles. The highest BCUT2D eigenvalue weighted by Gasteiger charge is 2.12. The number of aliphatic hydroxyl groups is 3. The lowest BCUT2D eigenvalue weighted by Gasteiger charge is -2.13. The summed E-state index contributed by atoms with van der Waals surface area (Å²) < 4.78 is 0. The molecular weight excluding hydrogens is 332 g/mol. The lowest BCUT2D eigenvalue weighted by molar-refractivity contribution is -0.137. The molecule has 0 radical (unpaired) electrons. The van der Waals surface area contributed by atoms with Gasteiger partial charge in [-0.05, 0) is 19.3 Å². The van der Waals surface area contributed by atoms with Crippen molar-refractivity contribution >= 4 is 5.97 Å². The maximum atomic E-state index is 10.4. The number of rotatable bonds is 15. The average molecular weight is 366 g/mol. The number of carboxylic acid groups (broad SMARTS) is 1. The number of carboxylic acids is 1. The van der Waals surface area contributed by atoms with Crippen LogP contribution in [0.4, 0.5) is 0 Å². The van der Waals surface area contributed by atoms with Gasteiger partial charge in [-0.3, -0.25) is 4.79 Å². The lowest BCUT2D eigenvalue weighted by Crippen LogP contribution is -2.23. The van der Waals surface area contributed by atoms with Crippen molar-refractivity contribution < 1.29 is 25.2 Å². The molecule has 0 aliphatic heterocycles. The summed E-state index contributed by atoms with van der Waals surface area (Å²) in [4.78, 5) is 10.4. The Hall–Kier alpha value is -1.69. The van der Waals surface area contributed by atoms with Crippen LogP contribution in [0.3, 0.4) is 0 Å². The van der Waals surface area contributed by atoms with Crippen LogP contribution in [0.25, 0.3) is 0 Å². The van der Waals surface area contributed by atoms with Gasteiger partial charge in [0.25, 0.3) is 0 Å². The van der Waals surface area contributed by atoms with Gasteiger partial charge in [0.1, 0.15) is 0 Å². The van der Waals surface area contributed by atoms with E-state index in [0.717, 1.165) is 19.3 Å². The fourth-order valence-electron chi connectivity index (χ4n) is 2.26. The fourth-order valence-corrected chi connectivity index (χ4v) is 2.26. The van der Waals surface area contributed by atoms with Crippen LogP contribution in [-0.2, 0) is 4.79 Å². The zero-order valence-electron chi connectivity index (χ0n) is 15.7. The largest absolute Gasteiger partial charge is 0.481 e. The molecule has 0 aromatic heterocycles. The van der Waals surface area contributed by atoms with Gasteiger partial charge in [0.15, 0.2) is 0 Å². The zero-order valence-corrected chi connectivity index (χ0v) is 15.7. The summed E-state index contributed by atoms with van der Waals surface area (Å²) in [5.74, 6) is -0.907. The normalized spacial score (nSPS) is 16.2. The SMILES string of the molecule is CCCCCCC(O)/C=C/C=C\C=C/C=C\C(O)C(O)CCCC(=O)O. The molecule has 0 aliphatic carbocycles. The van der Waals surface area contributed by atoms with E-state index >= 15 is 0 Å². The molecule has 3 unspecified atom stereocenters. The topological polar surface area (TPSA) is 98.0 Å². The third-order valence-corrected chi connectivity index (χ3v) is 3.84. The average Bonchev–Trinajstić information content (AvgIpc) is 2.60. The second-order valence-corrected chi connectivity index (χ2v) is 6.30. The highest BCUT2D eigenvalue weighted by atomic mass is 16.4. The van der Waals surface area contributed by atoms with Crippen molar-refractivity contribution in [3.63, 3.8) is 0 Å². The third-order valence-electron chi connectivity index (χ3n) is 3.84. The first-order valence-electron chi connectivity index (χ1n) is 9.41. The van der Waals surface area contributed by atoms with Crippen LogP contribution in [0.1, 0.15) is 58.3 Å². The maximum absolute atomic E-state index is 10.4. The third kappa shape index (κ3) is 15.8.